The average molecular weight is 340 g/mol. The monoisotopic (exact) mass is 340 g/mol. The number of hydrogen-bond acceptors (Lipinski definition) is 3. The lowest BCUT2D eigenvalue weighted by atomic mass is 9.87. The van der Waals surface area contributed by atoms with Crippen molar-refractivity contribution >= 4 is 17.5 Å². The molecule has 2 aromatic rings. The number of carbonyl (C=O) groups excluding carboxylic acids is 2. The van der Waals surface area contributed by atoms with Gasteiger partial charge in [0, 0.05) is 11.3 Å². The van der Waals surface area contributed by atoms with E-state index in [2.05, 4.69) is 26.1 Å². The molecule has 0 saturated carbocycles. The quantitative estimate of drug-likeness (QED) is 0.874. The van der Waals surface area contributed by atoms with E-state index in [-0.39, 0.29) is 11.3 Å². The van der Waals surface area contributed by atoms with E-state index in [1.807, 2.05) is 24.3 Å². The van der Waals surface area contributed by atoms with Gasteiger partial charge in [0.25, 0.3) is 5.91 Å². The predicted octanol–water partition coefficient (Wildman–Crippen LogP) is 3.49. The highest BCUT2D eigenvalue weighted by Gasteiger charge is 2.17. The number of hydrogen-bond donors (Lipinski definition) is 2. The maximum atomic E-state index is 12.2. The number of nitrogens with one attached hydrogen (secondary N) is 1. The van der Waals surface area contributed by atoms with Crippen LogP contribution in [0.2, 0.25) is 0 Å². The Labute approximate surface area is 148 Å². The van der Waals surface area contributed by atoms with E-state index in [1.165, 1.54) is 5.56 Å². The van der Waals surface area contributed by atoms with Crippen molar-refractivity contribution in [3.8, 4) is 5.75 Å². The number of nitrogens with two attached hydrogens (primary N) is 1. The van der Waals surface area contributed by atoms with Gasteiger partial charge in [-0.3, -0.25) is 9.59 Å². The molecule has 0 heterocycles. The van der Waals surface area contributed by atoms with Gasteiger partial charge in [-0.25, -0.2) is 0 Å². The van der Waals surface area contributed by atoms with E-state index in [0.29, 0.717) is 17.0 Å². The van der Waals surface area contributed by atoms with Crippen LogP contribution in [-0.2, 0) is 10.2 Å². The van der Waals surface area contributed by atoms with Crippen molar-refractivity contribution in [2.24, 2.45) is 5.73 Å². The summed E-state index contributed by atoms with van der Waals surface area (Å²) in [5.41, 5.74) is 7.43. The van der Waals surface area contributed by atoms with Crippen molar-refractivity contribution in [3.05, 3.63) is 59.7 Å². The molecular formula is C20H24N2O3. The van der Waals surface area contributed by atoms with Gasteiger partial charge in [-0.2, -0.15) is 0 Å². The largest absolute Gasteiger partial charge is 0.481 e. The van der Waals surface area contributed by atoms with Crippen LogP contribution in [-0.4, -0.2) is 17.9 Å². The van der Waals surface area contributed by atoms with Gasteiger partial charge in [0.1, 0.15) is 5.75 Å². The Morgan fingerprint density at radius 1 is 1.00 bits per heavy atom. The lowest BCUT2D eigenvalue weighted by Gasteiger charge is -2.20. The highest BCUT2D eigenvalue weighted by Crippen LogP contribution is 2.24. The zero-order valence-corrected chi connectivity index (χ0v) is 15.0. The van der Waals surface area contributed by atoms with Crippen LogP contribution in [0.4, 0.5) is 5.69 Å². The minimum atomic E-state index is -0.656. The molecular weight excluding hydrogens is 316 g/mol. The summed E-state index contributed by atoms with van der Waals surface area (Å²) in [5, 5.41) is 2.75. The second-order valence-electron chi connectivity index (χ2n) is 6.97. The minimum Gasteiger partial charge on any atom is -0.481 e. The van der Waals surface area contributed by atoms with E-state index in [1.54, 1.807) is 31.2 Å². The molecule has 0 radical (unpaired) electrons. The van der Waals surface area contributed by atoms with Gasteiger partial charge in [-0.05, 0) is 54.3 Å². The molecule has 2 rings (SSSR count). The van der Waals surface area contributed by atoms with Crippen LogP contribution < -0.4 is 15.8 Å². The van der Waals surface area contributed by atoms with Crippen LogP contribution in [0.3, 0.4) is 0 Å². The van der Waals surface area contributed by atoms with Gasteiger partial charge in [0.2, 0.25) is 5.91 Å². The van der Waals surface area contributed by atoms with Crippen LogP contribution in [0.15, 0.2) is 48.5 Å². The maximum Gasteiger partial charge on any atom is 0.265 e. The molecule has 0 aliphatic rings. The van der Waals surface area contributed by atoms with Crippen LogP contribution in [0.1, 0.15) is 43.6 Å². The smallest absolute Gasteiger partial charge is 0.265 e. The molecule has 2 amide bonds. The number of anilines is 1. The topological polar surface area (TPSA) is 81.4 Å². The lowest BCUT2D eigenvalue weighted by molar-refractivity contribution is -0.122. The first-order valence-electron chi connectivity index (χ1n) is 8.15. The second-order valence-corrected chi connectivity index (χ2v) is 6.97. The third kappa shape index (κ3) is 5.08. The van der Waals surface area contributed by atoms with Crippen LogP contribution >= 0.6 is 0 Å². The molecule has 132 valence electrons. The standard InChI is InChI=1S/C20H24N2O3/c1-13(25-17-11-7-15(8-12-17)20(2,3)4)19(24)22-16-9-5-14(6-10-16)18(21)23/h5-13H,1-4H3,(H2,21,23)(H,22,24). The molecule has 3 N–H and O–H groups in total. The molecule has 0 bridgehead atoms. The van der Waals surface area contributed by atoms with Gasteiger partial charge in [-0.1, -0.05) is 32.9 Å². The fourth-order valence-electron chi connectivity index (χ4n) is 2.25. The Kier molecular flexibility index (Phi) is 5.47. The second kappa shape index (κ2) is 7.38. The first-order chi connectivity index (χ1) is 11.7. The number of carbonyl (C=O) groups is 2. The number of benzene rings is 2. The summed E-state index contributed by atoms with van der Waals surface area (Å²) in [6, 6.07) is 14.1. The predicted molar refractivity (Wildman–Crippen MR) is 98.8 cm³/mol. The molecule has 0 aliphatic heterocycles. The van der Waals surface area contributed by atoms with Crippen molar-refractivity contribution < 1.29 is 14.3 Å². The Hall–Kier alpha value is -2.82. The minimum absolute atomic E-state index is 0.0681. The fourth-order valence-corrected chi connectivity index (χ4v) is 2.25. The summed E-state index contributed by atoms with van der Waals surface area (Å²) in [6.07, 6.45) is -0.656. The van der Waals surface area contributed by atoms with Crippen molar-refractivity contribution in [1.82, 2.24) is 0 Å². The van der Waals surface area contributed by atoms with Crippen LogP contribution in [0.5, 0.6) is 5.75 Å². The summed E-state index contributed by atoms with van der Waals surface area (Å²) in [7, 11) is 0. The maximum absolute atomic E-state index is 12.2. The number of primary amides is 1. The van der Waals surface area contributed by atoms with Gasteiger partial charge in [-0.15, -0.1) is 0 Å². The molecule has 25 heavy (non-hydrogen) atoms. The molecule has 1 atom stereocenters. The zero-order chi connectivity index (χ0) is 18.6. The Balaban J connectivity index is 1.96. The van der Waals surface area contributed by atoms with Crippen LogP contribution in [0.25, 0.3) is 0 Å². The highest BCUT2D eigenvalue weighted by molar-refractivity contribution is 5.96. The Morgan fingerprint density at radius 3 is 2.04 bits per heavy atom. The zero-order valence-electron chi connectivity index (χ0n) is 15.0. The van der Waals surface area contributed by atoms with Crippen molar-refractivity contribution in [1.29, 1.82) is 0 Å². The van der Waals surface area contributed by atoms with E-state index in [9.17, 15) is 9.59 Å². The SMILES string of the molecule is CC(Oc1ccc(C(C)(C)C)cc1)C(=O)Nc1ccc(C(N)=O)cc1. The third-order valence-corrected chi connectivity index (χ3v) is 3.84. The average Bonchev–Trinajstić information content (AvgIpc) is 2.55. The summed E-state index contributed by atoms with van der Waals surface area (Å²) in [5.74, 6) is -0.139. The van der Waals surface area contributed by atoms with E-state index < -0.39 is 12.0 Å². The number of rotatable bonds is 5. The molecule has 5 heteroatoms. The molecule has 0 spiro atoms. The normalized spacial score (nSPS) is 12.3. The first kappa shape index (κ1) is 18.5. The molecule has 0 aliphatic carbocycles. The molecule has 0 saturated heterocycles. The lowest BCUT2D eigenvalue weighted by Crippen LogP contribution is -2.30. The number of amides is 2. The van der Waals surface area contributed by atoms with Crippen molar-refractivity contribution in [2.75, 3.05) is 5.32 Å². The summed E-state index contributed by atoms with van der Waals surface area (Å²) < 4.78 is 5.69. The van der Waals surface area contributed by atoms with Gasteiger partial charge >= 0.3 is 0 Å². The molecule has 2 aromatic carbocycles. The molecule has 5 nitrogen and oxygen atoms in total. The van der Waals surface area contributed by atoms with E-state index >= 15 is 0 Å². The van der Waals surface area contributed by atoms with Gasteiger partial charge in [0.15, 0.2) is 6.10 Å². The van der Waals surface area contributed by atoms with Gasteiger partial charge in [0.05, 0.1) is 0 Å². The number of ether oxygens (including phenoxy) is 1. The van der Waals surface area contributed by atoms with E-state index in [0.717, 1.165) is 0 Å². The van der Waals surface area contributed by atoms with E-state index in [4.69, 9.17) is 10.5 Å². The molecule has 1 unspecified atom stereocenters. The third-order valence-electron chi connectivity index (χ3n) is 3.84. The van der Waals surface area contributed by atoms with Gasteiger partial charge < -0.3 is 15.8 Å². The fraction of sp³-hybridized carbons (Fsp3) is 0.300. The highest BCUT2D eigenvalue weighted by atomic mass is 16.5. The van der Waals surface area contributed by atoms with Crippen molar-refractivity contribution in [2.45, 2.75) is 39.2 Å². The Bertz CT molecular complexity index is 744. The Morgan fingerprint density at radius 2 is 1.56 bits per heavy atom. The first-order valence-corrected chi connectivity index (χ1v) is 8.15. The van der Waals surface area contributed by atoms with Crippen LogP contribution in [0, 0.1) is 0 Å². The summed E-state index contributed by atoms with van der Waals surface area (Å²) in [4.78, 5) is 23.3. The summed E-state index contributed by atoms with van der Waals surface area (Å²) in [6.45, 7) is 8.11. The summed E-state index contributed by atoms with van der Waals surface area (Å²) >= 11 is 0. The van der Waals surface area contributed by atoms with Crippen molar-refractivity contribution in [3.63, 3.8) is 0 Å². The molecule has 0 fully saturated rings. The molecule has 0 aromatic heterocycles.